The Kier molecular flexibility index (Phi) is 5.43. The molecule has 108 valence electrons. The Morgan fingerprint density at radius 1 is 1.25 bits per heavy atom. The van der Waals surface area contributed by atoms with Gasteiger partial charge >= 0.3 is 0 Å². The van der Waals surface area contributed by atoms with Crippen molar-refractivity contribution in [3.63, 3.8) is 0 Å². The highest BCUT2D eigenvalue weighted by Gasteiger charge is 2.13. The lowest BCUT2D eigenvalue weighted by atomic mass is 10.2. The minimum absolute atomic E-state index is 0.520. The molecule has 0 atom stereocenters. The molecule has 6 heteroatoms. The summed E-state index contributed by atoms with van der Waals surface area (Å²) >= 11 is 1.69. The number of thiazole rings is 1. The molecule has 2 aromatic rings. The normalized spacial score (nSPS) is 10.8. The lowest BCUT2D eigenvalue weighted by molar-refractivity contribution is 0.392. The average Bonchev–Trinajstić information content (AvgIpc) is 2.89. The van der Waals surface area contributed by atoms with E-state index in [0.717, 1.165) is 36.6 Å². The van der Waals surface area contributed by atoms with Crippen LogP contribution in [0, 0.1) is 0 Å². The van der Waals surface area contributed by atoms with Crippen LogP contribution in [0.15, 0.2) is 12.1 Å². The lowest BCUT2D eigenvalue weighted by Crippen LogP contribution is -2.11. The zero-order chi connectivity index (χ0) is 14.4. The maximum Gasteiger partial charge on any atom is 0.233 e. The highest BCUT2D eigenvalue weighted by atomic mass is 32.1. The van der Waals surface area contributed by atoms with Crippen LogP contribution in [-0.2, 0) is 13.0 Å². The van der Waals surface area contributed by atoms with Gasteiger partial charge in [-0.05, 0) is 19.0 Å². The standard InChI is InChI=1S/C14H20N4OS/c1-4-6-10-12(9-15-5-2)20-14(16-10)11-7-8-13(19-3)18-17-11/h7-8,15H,4-6,9H2,1-3H3. The van der Waals surface area contributed by atoms with E-state index in [4.69, 9.17) is 9.72 Å². The monoisotopic (exact) mass is 292 g/mol. The third-order valence-corrected chi connectivity index (χ3v) is 3.99. The Labute approximate surface area is 123 Å². The number of ether oxygens (including phenoxy) is 1. The first-order chi connectivity index (χ1) is 9.78. The molecule has 0 amide bonds. The largest absolute Gasteiger partial charge is 0.480 e. The van der Waals surface area contributed by atoms with Gasteiger partial charge in [0.15, 0.2) is 0 Å². The van der Waals surface area contributed by atoms with Crippen LogP contribution in [0.25, 0.3) is 10.7 Å². The van der Waals surface area contributed by atoms with Gasteiger partial charge in [0.1, 0.15) is 10.7 Å². The first-order valence-electron chi connectivity index (χ1n) is 6.85. The van der Waals surface area contributed by atoms with Crippen LogP contribution >= 0.6 is 11.3 Å². The summed E-state index contributed by atoms with van der Waals surface area (Å²) in [4.78, 5) is 6.01. The SMILES string of the molecule is CCCc1nc(-c2ccc(OC)nn2)sc1CNCC. The number of nitrogens with zero attached hydrogens (tertiary/aromatic N) is 3. The molecule has 0 aliphatic carbocycles. The molecule has 0 saturated heterocycles. The van der Waals surface area contributed by atoms with E-state index in [1.54, 1.807) is 18.4 Å². The molecule has 0 aliphatic heterocycles. The van der Waals surface area contributed by atoms with Crippen molar-refractivity contribution < 1.29 is 4.74 Å². The third-order valence-electron chi connectivity index (χ3n) is 2.87. The summed E-state index contributed by atoms with van der Waals surface area (Å²) in [7, 11) is 1.58. The molecule has 0 unspecified atom stereocenters. The van der Waals surface area contributed by atoms with Crippen LogP contribution in [0.3, 0.4) is 0 Å². The second kappa shape index (κ2) is 7.31. The maximum absolute atomic E-state index is 5.03. The summed E-state index contributed by atoms with van der Waals surface area (Å²) in [6.45, 7) is 6.11. The number of aromatic nitrogens is 3. The van der Waals surface area contributed by atoms with Gasteiger partial charge in [0.25, 0.3) is 0 Å². The summed E-state index contributed by atoms with van der Waals surface area (Å²) in [5, 5.41) is 12.5. The van der Waals surface area contributed by atoms with E-state index in [2.05, 4.69) is 29.4 Å². The lowest BCUT2D eigenvalue weighted by Gasteiger charge is -2.00. The summed E-state index contributed by atoms with van der Waals surface area (Å²) < 4.78 is 5.03. The van der Waals surface area contributed by atoms with Crippen molar-refractivity contribution in [3.05, 3.63) is 22.7 Å². The Morgan fingerprint density at radius 2 is 2.10 bits per heavy atom. The Morgan fingerprint density at radius 3 is 2.70 bits per heavy atom. The maximum atomic E-state index is 5.03. The molecule has 2 aromatic heterocycles. The van der Waals surface area contributed by atoms with E-state index in [9.17, 15) is 0 Å². The molecule has 1 N–H and O–H groups in total. The molecular weight excluding hydrogens is 272 g/mol. The van der Waals surface area contributed by atoms with Crippen LogP contribution < -0.4 is 10.1 Å². The van der Waals surface area contributed by atoms with Crippen molar-refractivity contribution in [2.24, 2.45) is 0 Å². The van der Waals surface area contributed by atoms with E-state index in [1.807, 2.05) is 12.1 Å². The number of hydrogen-bond acceptors (Lipinski definition) is 6. The minimum Gasteiger partial charge on any atom is -0.480 e. The van der Waals surface area contributed by atoms with Gasteiger partial charge < -0.3 is 10.1 Å². The Bertz CT molecular complexity index is 539. The fraction of sp³-hybridized carbons (Fsp3) is 0.500. The molecule has 2 heterocycles. The van der Waals surface area contributed by atoms with E-state index in [-0.39, 0.29) is 0 Å². The molecule has 0 spiro atoms. The van der Waals surface area contributed by atoms with E-state index in [1.165, 1.54) is 10.6 Å². The second-order valence-electron chi connectivity index (χ2n) is 4.38. The van der Waals surface area contributed by atoms with Gasteiger partial charge in [-0.1, -0.05) is 20.3 Å². The summed E-state index contributed by atoms with van der Waals surface area (Å²) in [5.74, 6) is 0.520. The number of methoxy groups -OCH3 is 1. The highest BCUT2D eigenvalue weighted by molar-refractivity contribution is 7.15. The number of hydrogen-bond donors (Lipinski definition) is 1. The fourth-order valence-corrected chi connectivity index (χ4v) is 2.89. The molecule has 5 nitrogen and oxygen atoms in total. The quantitative estimate of drug-likeness (QED) is 0.850. The van der Waals surface area contributed by atoms with Crippen molar-refractivity contribution in [1.82, 2.24) is 20.5 Å². The summed E-state index contributed by atoms with van der Waals surface area (Å²) in [6, 6.07) is 3.71. The van der Waals surface area contributed by atoms with Crippen LogP contribution in [0.2, 0.25) is 0 Å². The van der Waals surface area contributed by atoms with Gasteiger partial charge in [0.05, 0.1) is 12.8 Å². The van der Waals surface area contributed by atoms with Crippen LogP contribution in [0.1, 0.15) is 30.8 Å². The van der Waals surface area contributed by atoms with Gasteiger partial charge in [0, 0.05) is 17.5 Å². The van der Waals surface area contributed by atoms with Gasteiger partial charge in [-0.15, -0.1) is 21.5 Å². The fourth-order valence-electron chi connectivity index (χ4n) is 1.84. The smallest absolute Gasteiger partial charge is 0.233 e. The van der Waals surface area contributed by atoms with E-state index >= 15 is 0 Å². The van der Waals surface area contributed by atoms with E-state index < -0.39 is 0 Å². The van der Waals surface area contributed by atoms with Gasteiger partial charge in [0.2, 0.25) is 5.88 Å². The third kappa shape index (κ3) is 3.52. The van der Waals surface area contributed by atoms with Crippen molar-refractivity contribution in [3.8, 4) is 16.6 Å². The molecule has 0 radical (unpaired) electrons. The van der Waals surface area contributed by atoms with Crippen molar-refractivity contribution in [2.45, 2.75) is 33.2 Å². The van der Waals surface area contributed by atoms with Crippen LogP contribution in [-0.4, -0.2) is 28.8 Å². The predicted molar refractivity (Wildman–Crippen MR) is 81.1 cm³/mol. The summed E-state index contributed by atoms with van der Waals surface area (Å²) in [6.07, 6.45) is 2.09. The number of rotatable bonds is 7. The Hall–Kier alpha value is -1.53. The molecule has 0 aliphatic rings. The molecule has 0 bridgehead atoms. The second-order valence-corrected chi connectivity index (χ2v) is 5.46. The molecule has 2 rings (SSSR count). The van der Waals surface area contributed by atoms with E-state index in [0.29, 0.717) is 5.88 Å². The molecular formula is C14H20N4OS. The zero-order valence-electron chi connectivity index (χ0n) is 12.1. The molecule has 0 aromatic carbocycles. The van der Waals surface area contributed by atoms with Crippen LogP contribution in [0.4, 0.5) is 0 Å². The average molecular weight is 292 g/mol. The predicted octanol–water partition coefficient (Wildman–Crippen LogP) is 2.67. The topological polar surface area (TPSA) is 59.9 Å². The van der Waals surface area contributed by atoms with Gasteiger partial charge in [-0.3, -0.25) is 0 Å². The van der Waals surface area contributed by atoms with Crippen molar-refractivity contribution >= 4 is 11.3 Å². The van der Waals surface area contributed by atoms with Gasteiger partial charge in [-0.2, -0.15) is 0 Å². The first kappa shape index (κ1) is 14.9. The molecule has 20 heavy (non-hydrogen) atoms. The van der Waals surface area contributed by atoms with Crippen LogP contribution in [0.5, 0.6) is 5.88 Å². The number of nitrogens with one attached hydrogen (secondary N) is 1. The first-order valence-corrected chi connectivity index (χ1v) is 7.67. The van der Waals surface area contributed by atoms with Gasteiger partial charge in [-0.25, -0.2) is 4.98 Å². The number of aryl methyl sites for hydroxylation is 1. The molecule has 0 fully saturated rings. The Balaban J connectivity index is 2.25. The van der Waals surface area contributed by atoms with Crippen molar-refractivity contribution in [2.75, 3.05) is 13.7 Å². The minimum atomic E-state index is 0.520. The summed E-state index contributed by atoms with van der Waals surface area (Å²) in [5.41, 5.74) is 1.97. The zero-order valence-corrected chi connectivity index (χ0v) is 13.0. The highest BCUT2D eigenvalue weighted by Crippen LogP contribution is 2.27. The van der Waals surface area contributed by atoms with Crippen molar-refractivity contribution in [1.29, 1.82) is 0 Å². The molecule has 0 saturated carbocycles.